The number of fused-ring (bicyclic) bond motifs is 1. The summed E-state index contributed by atoms with van der Waals surface area (Å²) in [4.78, 5) is 11.2. The molecule has 1 unspecified atom stereocenters. The molecule has 3 heterocycles. The van der Waals surface area contributed by atoms with Gasteiger partial charge in [0, 0.05) is 44.6 Å². The molecule has 1 N–H and O–H groups in total. The molecule has 1 fully saturated rings. The zero-order valence-electron chi connectivity index (χ0n) is 14.0. The van der Waals surface area contributed by atoms with Gasteiger partial charge in [-0.1, -0.05) is 31.2 Å². The summed E-state index contributed by atoms with van der Waals surface area (Å²) in [5.41, 5.74) is 4.90. The summed E-state index contributed by atoms with van der Waals surface area (Å²) in [6, 6.07) is 9.46. The summed E-state index contributed by atoms with van der Waals surface area (Å²) in [5.74, 6) is 0. The average Bonchev–Trinajstić information content (AvgIpc) is 3.05. The molecule has 0 amide bonds. The lowest BCUT2D eigenvalue weighted by Crippen LogP contribution is -2.45. The number of piperazine rings is 1. The molecule has 0 spiro atoms. The number of hydrogen-bond donors (Lipinski definition) is 1. The Kier molecular flexibility index (Phi) is 4.28. The molecule has 5 nitrogen and oxygen atoms in total. The molecular weight excluding hydrogens is 298 g/mol. The van der Waals surface area contributed by atoms with E-state index in [0.29, 0.717) is 6.04 Å². The lowest BCUT2D eigenvalue weighted by molar-refractivity contribution is 0.151. The van der Waals surface area contributed by atoms with Gasteiger partial charge in [-0.15, -0.1) is 0 Å². The Morgan fingerprint density at radius 2 is 2.08 bits per heavy atom. The van der Waals surface area contributed by atoms with Crippen LogP contribution in [0.15, 0.2) is 49.1 Å². The highest BCUT2D eigenvalue weighted by atomic mass is 15.2. The first kappa shape index (κ1) is 15.3. The minimum absolute atomic E-state index is 0.400. The Morgan fingerprint density at radius 3 is 2.92 bits per heavy atom. The van der Waals surface area contributed by atoms with E-state index in [1.54, 1.807) is 0 Å². The number of nitrogens with zero attached hydrogens (tertiary/aromatic N) is 4. The molecule has 0 saturated carbocycles. The van der Waals surface area contributed by atoms with E-state index in [0.717, 1.165) is 38.2 Å². The molecule has 1 aromatic carbocycles. The van der Waals surface area contributed by atoms with E-state index in [9.17, 15) is 0 Å². The van der Waals surface area contributed by atoms with Crippen molar-refractivity contribution in [2.75, 3.05) is 19.6 Å². The maximum Gasteiger partial charge on any atom is 0.155 e. The van der Waals surface area contributed by atoms with Crippen molar-refractivity contribution in [3.8, 4) is 0 Å². The van der Waals surface area contributed by atoms with Crippen molar-refractivity contribution in [2.45, 2.75) is 25.9 Å². The number of rotatable bonds is 4. The van der Waals surface area contributed by atoms with Crippen LogP contribution in [0.1, 0.15) is 29.8 Å². The number of benzene rings is 1. The Bertz CT molecular complexity index is 808. The molecule has 1 atom stereocenters. The van der Waals surface area contributed by atoms with Crippen molar-refractivity contribution < 1.29 is 0 Å². The van der Waals surface area contributed by atoms with Gasteiger partial charge in [-0.05, 0) is 17.5 Å². The third kappa shape index (κ3) is 2.92. The zero-order valence-corrected chi connectivity index (χ0v) is 14.0. The molecule has 2 aromatic heterocycles. The molecule has 1 aliphatic rings. The van der Waals surface area contributed by atoms with Gasteiger partial charge in [0.2, 0.25) is 0 Å². The van der Waals surface area contributed by atoms with Crippen molar-refractivity contribution in [3.05, 3.63) is 65.9 Å². The third-order valence-electron chi connectivity index (χ3n) is 4.89. The van der Waals surface area contributed by atoms with E-state index in [4.69, 9.17) is 0 Å². The molecule has 5 heteroatoms. The normalized spacial score (nSPS) is 19.0. The topological polar surface area (TPSA) is 45.5 Å². The predicted octanol–water partition coefficient (Wildman–Crippen LogP) is 2.44. The highest BCUT2D eigenvalue weighted by Crippen LogP contribution is 2.25. The molecule has 4 rings (SSSR count). The fraction of sp³-hybridized carbons (Fsp3) is 0.368. The number of nitrogens with one attached hydrogen (secondary N) is 1. The highest BCUT2D eigenvalue weighted by molar-refractivity contribution is 5.37. The SMILES string of the molecule is CCc1ccc(C2CNCCN2Cc2cnc3cnccn23)cc1. The first-order valence-electron chi connectivity index (χ1n) is 8.64. The standard InChI is InChI=1S/C19H23N5/c1-2-15-3-5-16(6-4-15)18-12-20-7-9-23(18)14-17-11-22-19-13-21-8-10-24(17)19/h3-6,8,10-11,13,18,20H,2,7,9,12,14H2,1H3. The Balaban J connectivity index is 1.59. The predicted molar refractivity (Wildman–Crippen MR) is 94.8 cm³/mol. The lowest BCUT2D eigenvalue weighted by Gasteiger charge is -2.36. The van der Waals surface area contributed by atoms with E-state index >= 15 is 0 Å². The van der Waals surface area contributed by atoms with Gasteiger partial charge in [-0.2, -0.15) is 0 Å². The van der Waals surface area contributed by atoms with Crippen LogP contribution in [0.2, 0.25) is 0 Å². The third-order valence-corrected chi connectivity index (χ3v) is 4.89. The molecule has 124 valence electrons. The van der Waals surface area contributed by atoms with Crippen LogP contribution in [0.5, 0.6) is 0 Å². The summed E-state index contributed by atoms with van der Waals surface area (Å²) in [7, 11) is 0. The summed E-state index contributed by atoms with van der Waals surface area (Å²) < 4.78 is 2.13. The average molecular weight is 321 g/mol. The fourth-order valence-electron chi connectivity index (χ4n) is 3.46. The van der Waals surface area contributed by atoms with Gasteiger partial charge in [0.05, 0.1) is 18.1 Å². The summed E-state index contributed by atoms with van der Waals surface area (Å²) >= 11 is 0. The Morgan fingerprint density at radius 1 is 1.21 bits per heavy atom. The van der Waals surface area contributed by atoms with Gasteiger partial charge in [0.25, 0.3) is 0 Å². The van der Waals surface area contributed by atoms with Crippen molar-refractivity contribution in [1.29, 1.82) is 0 Å². The van der Waals surface area contributed by atoms with Gasteiger partial charge in [-0.25, -0.2) is 4.98 Å². The van der Waals surface area contributed by atoms with Gasteiger partial charge in [0.1, 0.15) is 0 Å². The monoisotopic (exact) mass is 321 g/mol. The second-order valence-corrected chi connectivity index (χ2v) is 6.34. The molecule has 0 bridgehead atoms. The van der Waals surface area contributed by atoms with Gasteiger partial charge < -0.3 is 5.32 Å². The first-order valence-corrected chi connectivity index (χ1v) is 8.64. The summed E-state index contributed by atoms with van der Waals surface area (Å²) in [5, 5.41) is 3.53. The second-order valence-electron chi connectivity index (χ2n) is 6.34. The second kappa shape index (κ2) is 6.71. The maximum atomic E-state index is 4.46. The van der Waals surface area contributed by atoms with Crippen LogP contribution in [0, 0.1) is 0 Å². The molecule has 24 heavy (non-hydrogen) atoms. The maximum absolute atomic E-state index is 4.46. The largest absolute Gasteiger partial charge is 0.314 e. The Hall–Kier alpha value is -2.24. The fourth-order valence-corrected chi connectivity index (χ4v) is 3.46. The van der Waals surface area contributed by atoms with E-state index in [-0.39, 0.29) is 0 Å². The van der Waals surface area contributed by atoms with Crippen LogP contribution in [0.4, 0.5) is 0 Å². The van der Waals surface area contributed by atoms with Gasteiger partial charge in [-0.3, -0.25) is 14.3 Å². The lowest BCUT2D eigenvalue weighted by atomic mass is 10.0. The Labute approximate surface area is 142 Å². The molecule has 1 aliphatic heterocycles. The number of hydrogen-bond acceptors (Lipinski definition) is 4. The number of imidazole rings is 1. The number of aryl methyl sites for hydroxylation is 1. The van der Waals surface area contributed by atoms with Crippen LogP contribution in [-0.4, -0.2) is 38.9 Å². The molecular formula is C19H23N5. The summed E-state index contributed by atoms with van der Waals surface area (Å²) in [6.45, 7) is 6.15. The van der Waals surface area contributed by atoms with Gasteiger partial charge >= 0.3 is 0 Å². The van der Waals surface area contributed by atoms with Gasteiger partial charge in [0.15, 0.2) is 5.65 Å². The molecule has 1 saturated heterocycles. The number of aromatic nitrogens is 3. The van der Waals surface area contributed by atoms with Crippen molar-refractivity contribution >= 4 is 5.65 Å². The molecule has 0 radical (unpaired) electrons. The highest BCUT2D eigenvalue weighted by Gasteiger charge is 2.24. The van der Waals surface area contributed by atoms with E-state index in [2.05, 4.69) is 55.8 Å². The summed E-state index contributed by atoms with van der Waals surface area (Å²) in [6.07, 6.45) is 8.67. The quantitative estimate of drug-likeness (QED) is 0.802. The van der Waals surface area contributed by atoms with Crippen LogP contribution in [-0.2, 0) is 13.0 Å². The zero-order chi connectivity index (χ0) is 16.4. The van der Waals surface area contributed by atoms with Crippen LogP contribution >= 0.6 is 0 Å². The minimum Gasteiger partial charge on any atom is -0.314 e. The van der Waals surface area contributed by atoms with E-state index in [1.807, 2.05) is 24.8 Å². The van der Waals surface area contributed by atoms with Crippen molar-refractivity contribution in [2.24, 2.45) is 0 Å². The van der Waals surface area contributed by atoms with Crippen molar-refractivity contribution in [3.63, 3.8) is 0 Å². The smallest absolute Gasteiger partial charge is 0.155 e. The van der Waals surface area contributed by atoms with E-state index < -0.39 is 0 Å². The van der Waals surface area contributed by atoms with Crippen LogP contribution in [0.25, 0.3) is 5.65 Å². The van der Waals surface area contributed by atoms with Crippen LogP contribution in [0.3, 0.4) is 0 Å². The van der Waals surface area contributed by atoms with Crippen LogP contribution < -0.4 is 5.32 Å². The first-order chi connectivity index (χ1) is 11.8. The molecule has 3 aromatic rings. The molecule has 0 aliphatic carbocycles. The minimum atomic E-state index is 0.400. The van der Waals surface area contributed by atoms with Crippen molar-refractivity contribution in [1.82, 2.24) is 24.6 Å². The van der Waals surface area contributed by atoms with E-state index in [1.165, 1.54) is 16.8 Å².